The van der Waals surface area contributed by atoms with Crippen LogP contribution in [0.1, 0.15) is 13.3 Å². The molecule has 1 aliphatic carbocycles. The molecule has 13 heavy (non-hydrogen) atoms. The van der Waals surface area contributed by atoms with Gasteiger partial charge in [0, 0.05) is 25.7 Å². The maximum atomic E-state index is 11.4. The van der Waals surface area contributed by atoms with E-state index in [0.29, 0.717) is 18.0 Å². The van der Waals surface area contributed by atoms with Crippen LogP contribution in [0.15, 0.2) is 0 Å². The van der Waals surface area contributed by atoms with Crippen LogP contribution in [0, 0.1) is 5.92 Å². The van der Waals surface area contributed by atoms with E-state index in [1.165, 1.54) is 6.42 Å². The second-order valence-electron chi connectivity index (χ2n) is 3.92. The van der Waals surface area contributed by atoms with Gasteiger partial charge in [-0.3, -0.25) is 4.79 Å². The zero-order valence-electron chi connectivity index (χ0n) is 8.04. The fourth-order valence-corrected chi connectivity index (χ4v) is 2.08. The molecule has 0 aromatic carbocycles. The first-order valence-electron chi connectivity index (χ1n) is 4.79. The molecule has 0 spiro atoms. The summed E-state index contributed by atoms with van der Waals surface area (Å²) in [5, 5.41) is 6.35. The molecule has 0 radical (unpaired) electrons. The first kappa shape index (κ1) is 8.97. The minimum Gasteiger partial charge on any atom is -0.372 e. The van der Waals surface area contributed by atoms with Crippen molar-refractivity contribution in [3.8, 4) is 0 Å². The van der Waals surface area contributed by atoms with Crippen LogP contribution in [0.2, 0.25) is 0 Å². The largest absolute Gasteiger partial charge is 0.372 e. The van der Waals surface area contributed by atoms with Crippen LogP contribution in [0.5, 0.6) is 0 Å². The van der Waals surface area contributed by atoms with Crippen molar-refractivity contribution in [3.05, 3.63) is 0 Å². The van der Waals surface area contributed by atoms with E-state index < -0.39 is 0 Å². The Morgan fingerprint density at radius 3 is 2.92 bits per heavy atom. The van der Waals surface area contributed by atoms with E-state index in [9.17, 15) is 4.79 Å². The van der Waals surface area contributed by atoms with Gasteiger partial charge in [0.2, 0.25) is 5.91 Å². The van der Waals surface area contributed by atoms with E-state index >= 15 is 0 Å². The lowest BCUT2D eigenvalue weighted by Gasteiger charge is -2.35. The maximum Gasteiger partial charge on any atom is 0.249 e. The summed E-state index contributed by atoms with van der Waals surface area (Å²) in [6, 6.07) is 0.864. The standard InChI is InChI=1S/C9H16N2O2/c1-5(13-2)9(12)11-8-6-3-7(8)10-4-6/h5-8,10H,3-4H2,1-2H3,(H,11,12). The Labute approximate surface area is 78.0 Å². The molecule has 4 unspecified atom stereocenters. The van der Waals surface area contributed by atoms with Crippen LogP contribution in [0.25, 0.3) is 0 Å². The second kappa shape index (κ2) is 3.27. The van der Waals surface area contributed by atoms with Gasteiger partial charge in [-0.25, -0.2) is 0 Å². The van der Waals surface area contributed by atoms with Gasteiger partial charge in [0.25, 0.3) is 0 Å². The van der Waals surface area contributed by atoms with Crippen LogP contribution in [0.4, 0.5) is 0 Å². The molecule has 0 aromatic rings. The molecule has 4 atom stereocenters. The first-order chi connectivity index (χ1) is 6.22. The summed E-state index contributed by atoms with van der Waals surface area (Å²) in [4.78, 5) is 11.4. The molecule has 3 aliphatic rings. The number of hydrogen-bond donors (Lipinski definition) is 2. The summed E-state index contributed by atoms with van der Waals surface area (Å²) < 4.78 is 4.94. The van der Waals surface area contributed by atoms with Crippen LogP contribution in [-0.4, -0.2) is 37.7 Å². The molecular weight excluding hydrogens is 168 g/mol. The van der Waals surface area contributed by atoms with Gasteiger partial charge in [0.1, 0.15) is 6.10 Å². The van der Waals surface area contributed by atoms with E-state index in [-0.39, 0.29) is 12.0 Å². The lowest BCUT2D eigenvalue weighted by Crippen LogP contribution is -2.55. The molecule has 0 aromatic heterocycles. The highest BCUT2D eigenvalue weighted by Crippen LogP contribution is 2.33. The summed E-state index contributed by atoms with van der Waals surface area (Å²) in [7, 11) is 1.55. The Hall–Kier alpha value is -0.610. The highest BCUT2D eigenvalue weighted by Gasteiger charge is 2.47. The van der Waals surface area contributed by atoms with Crippen molar-refractivity contribution in [1.29, 1.82) is 0 Å². The predicted octanol–water partition coefficient (Wildman–Crippen LogP) is -0.502. The van der Waals surface area contributed by atoms with Gasteiger partial charge in [-0.15, -0.1) is 0 Å². The Bertz CT molecular complexity index is 206. The van der Waals surface area contributed by atoms with Gasteiger partial charge in [-0.05, 0) is 19.3 Å². The minimum atomic E-state index is -0.333. The van der Waals surface area contributed by atoms with E-state index in [0.717, 1.165) is 6.54 Å². The molecule has 1 saturated carbocycles. The lowest BCUT2D eigenvalue weighted by molar-refractivity contribution is -0.131. The fourth-order valence-electron chi connectivity index (χ4n) is 2.08. The number of ether oxygens (including phenoxy) is 1. The van der Waals surface area contributed by atoms with Gasteiger partial charge in [-0.1, -0.05) is 0 Å². The lowest BCUT2D eigenvalue weighted by atomic mass is 9.80. The van der Waals surface area contributed by atoms with Crippen molar-refractivity contribution >= 4 is 5.91 Å². The van der Waals surface area contributed by atoms with Crippen LogP contribution in [-0.2, 0) is 9.53 Å². The Morgan fingerprint density at radius 2 is 2.46 bits per heavy atom. The molecule has 1 amide bonds. The third kappa shape index (κ3) is 1.44. The molecule has 4 heteroatoms. The van der Waals surface area contributed by atoms with E-state index in [2.05, 4.69) is 10.6 Å². The van der Waals surface area contributed by atoms with Crippen molar-refractivity contribution < 1.29 is 9.53 Å². The zero-order chi connectivity index (χ0) is 9.42. The number of hydrogen-bond acceptors (Lipinski definition) is 3. The fraction of sp³-hybridized carbons (Fsp3) is 0.889. The third-order valence-corrected chi connectivity index (χ3v) is 3.17. The Balaban J connectivity index is 1.82. The minimum absolute atomic E-state index is 0.00546. The van der Waals surface area contributed by atoms with Crippen molar-refractivity contribution in [1.82, 2.24) is 10.6 Å². The summed E-state index contributed by atoms with van der Waals surface area (Å²) in [6.07, 6.45) is 0.881. The number of nitrogens with one attached hydrogen (secondary N) is 2. The third-order valence-electron chi connectivity index (χ3n) is 3.17. The topological polar surface area (TPSA) is 50.4 Å². The summed E-state index contributed by atoms with van der Waals surface area (Å²) >= 11 is 0. The number of carbonyl (C=O) groups is 1. The van der Waals surface area contributed by atoms with Crippen LogP contribution in [0.3, 0.4) is 0 Å². The molecule has 3 rings (SSSR count). The molecule has 2 saturated heterocycles. The molecule has 4 nitrogen and oxygen atoms in total. The molecule has 2 bridgehead atoms. The summed E-state index contributed by atoms with van der Waals surface area (Å²) in [6.45, 7) is 2.82. The van der Waals surface area contributed by atoms with E-state index in [1.54, 1.807) is 14.0 Å². The molecule has 74 valence electrons. The van der Waals surface area contributed by atoms with Gasteiger partial charge in [-0.2, -0.15) is 0 Å². The average molecular weight is 184 g/mol. The van der Waals surface area contributed by atoms with Crippen molar-refractivity contribution in [2.75, 3.05) is 13.7 Å². The average Bonchev–Trinajstić information content (AvgIpc) is 2.73. The number of rotatable bonds is 3. The predicted molar refractivity (Wildman–Crippen MR) is 48.3 cm³/mol. The summed E-state index contributed by atoms with van der Waals surface area (Å²) in [5.41, 5.74) is 0. The van der Waals surface area contributed by atoms with E-state index in [1.807, 2.05) is 0 Å². The molecule has 2 N–H and O–H groups in total. The normalized spacial score (nSPS) is 38.2. The quantitative estimate of drug-likeness (QED) is 0.621. The molecule has 3 fully saturated rings. The van der Waals surface area contributed by atoms with Crippen LogP contribution < -0.4 is 10.6 Å². The molecular formula is C9H16N2O2. The Morgan fingerprint density at radius 1 is 1.69 bits per heavy atom. The van der Waals surface area contributed by atoms with Crippen LogP contribution >= 0.6 is 0 Å². The van der Waals surface area contributed by atoms with Gasteiger partial charge < -0.3 is 15.4 Å². The van der Waals surface area contributed by atoms with Crippen molar-refractivity contribution in [2.45, 2.75) is 31.5 Å². The highest BCUT2D eigenvalue weighted by atomic mass is 16.5. The smallest absolute Gasteiger partial charge is 0.249 e. The summed E-state index contributed by atoms with van der Waals surface area (Å²) in [5.74, 6) is 0.656. The van der Waals surface area contributed by atoms with Crippen molar-refractivity contribution in [3.63, 3.8) is 0 Å². The number of methoxy groups -OCH3 is 1. The van der Waals surface area contributed by atoms with Gasteiger partial charge in [0.15, 0.2) is 0 Å². The highest BCUT2D eigenvalue weighted by molar-refractivity contribution is 5.80. The number of carbonyl (C=O) groups excluding carboxylic acids is 1. The zero-order valence-corrected chi connectivity index (χ0v) is 8.04. The molecule has 2 aliphatic heterocycles. The number of fused-ring (bicyclic) bond motifs is 1. The monoisotopic (exact) mass is 184 g/mol. The number of amides is 1. The van der Waals surface area contributed by atoms with Gasteiger partial charge >= 0.3 is 0 Å². The Kier molecular flexibility index (Phi) is 2.26. The van der Waals surface area contributed by atoms with E-state index in [4.69, 9.17) is 4.74 Å². The molecule has 2 heterocycles. The van der Waals surface area contributed by atoms with Crippen molar-refractivity contribution in [2.24, 2.45) is 5.92 Å². The maximum absolute atomic E-state index is 11.4. The second-order valence-corrected chi connectivity index (χ2v) is 3.92. The first-order valence-corrected chi connectivity index (χ1v) is 4.79. The SMILES string of the molecule is COC(C)C(=O)NC1C2CNC1C2. The van der Waals surface area contributed by atoms with Gasteiger partial charge in [0.05, 0.1) is 0 Å².